The first-order valence-corrected chi connectivity index (χ1v) is 8.06. The number of hydrogen-bond acceptors (Lipinski definition) is 8. The van der Waals surface area contributed by atoms with Crippen LogP contribution in [0, 0.1) is 17.0 Å². The molecule has 0 spiro atoms. The second-order valence-corrected chi connectivity index (χ2v) is 6.07. The van der Waals surface area contributed by atoms with Crippen molar-refractivity contribution in [2.45, 2.75) is 6.92 Å². The maximum atomic E-state index is 11.6. The molecule has 0 amide bonds. The number of rotatable bonds is 5. The van der Waals surface area contributed by atoms with E-state index in [2.05, 4.69) is 25.6 Å². The molecule has 0 aliphatic carbocycles. The van der Waals surface area contributed by atoms with Gasteiger partial charge in [0.2, 0.25) is 11.6 Å². The summed E-state index contributed by atoms with van der Waals surface area (Å²) in [7, 11) is 2.05. The summed E-state index contributed by atoms with van der Waals surface area (Å²) in [5.41, 5.74) is 4.69. The minimum absolute atomic E-state index is 0.164. The highest BCUT2D eigenvalue weighted by Crippen LogP contribution is 2.31. The van der Waals surface area contributed by atoms with Gasteiger partial charge in [-0.3, -0.25) is 15.5 Å². The monoisotopic (exact) mass is 343 g/mol. The predicted octanol–water partition coefficient (Wildman–Crippen LogP) is 2.01. The number of benzene rings is 1. The molecule has 1 aliphatic rings. The van der Waals surface area contributed by atoms with Gasteiger partial charge in [0.15, 0.2) is 0 Å². The van der Waals surface area contributed by atoms with Crippen molar-refractivity contribution in [1.82, 2.24) is 19.9 Å². The van der Waals surface area contributed by atoms with Crippen LogP contribution in [0.5, 0.6) is 0 Å². The van der Waals surface area contributed by atoms with E-state index in [4.69, 9.17) is 0 Å². The summed E-state index contributed by atoms with van der Waals surface area (Å²) < 4.78 is 0. The van der Waals surface area contributed by atoms with Crippen LogP contribution in [0.3, 0.4) is 0 Å². The molecule has 1 fully saturated rings. The summed E-state index contributed by atoms with van der Waals surface area (Å²) in [6.07, 6.45) is 1.32. The standard InChI is InChI=1S/C16H21N7O2/c1-12-4-3-5-13(10-12)19-15-14(23(24)25)16(18-11-17-15)20-22-8-6-21(2)7-9-22/h3-5,10-11H,6-9H2,1-2H3,(H2,17,18,19,20). The summed E-state index contributed by atoms with van der Waals surface area (Å²) >= 11 is 0. The van der Waals surface area contributed by atoms with Crippen molar-refractivity contribution in [2.75, 3.05) is 44.0 Å². The lowest BCUT2D eigenvalue weighted by Gasteiger charge is -2.32. The van der Waals surface area contributed by atoms with Crippen LogP contribution in [0.15, 0.2) is 30.6 Å². The van der Waals surface area contributed by atoms with Crippen LogP contribution in [0.4, 0.5) is 23.0 Å². The van der Waals surface area contributed by atoms with E-state index in [1.54, 1.807) is 0 Å². The second-order valence-electron chi connectivity index (χ2n) is 6.07. The molecular formula is C16H21N7O2. The molecule has 0 bridgehead atoms. The molecule has 0 saturated carbocycles. The van der Waals surface area contributed by atoms with Crippen LogP contribution < -0.4 is 10.7 Å². The normalized spacial score (nSPS) is 15.8. The molecule has 1 aromatic carbocycles. The molecule has 2 aromatic rings. The number of aromatic nitrogens is 2. The van der Waals surface area contributed by atoms with E-state index < -0.39 is 4.92 Å². The number of anilines is 3. The smallest absolute Gasteiger partial charge is 0.334 e. The van der Waals surface area contributed by atoms with E-state index in [-0.39, 0.29) is 17.3 Å². The van der Waals surface area contributed by atoms with Gasteiger partial charge in [0.25, 0.3) is 0 Å². The number of nitrogens with zero attached hydrogens (tertiary/aromatic N) is 5. The Labute approximate surface area is 145 Å². The fourth-order valence-electron chi connectivity index (χ4n) is 2.65. The highest BCUT2D eigenvalue weighted by atomic mass is 16.6. The molecule has 0 atom stereocenters. The number of hydrogen-bond donors (Lipinski definition) is 2. The number of hydrazine groups is 1. The first-order valence-electron chi connectivity index (χ1n) is 8.06. The molecule has 0 unspecified atom stereocenters. The van der Waals surface area contributed by atoms with E-state index in [1.807, 2.05) is 43.2 Å². The minimum Gasteiger partial charge on any atom is -0.334 e. The number of nitrogens with one attached hydrogen (secondary N) is 2. The fraction of sp³-hybridized carbons (Fsp3) is 0.375. The highest BCUT2D eigenvalue weighted by molar-refractivity contribution is 5.73. The Kier molecular flexibility index (Phi) is 5.05. The van der Waals surface area contributed by atoms with Crippen molar-refractivity contribution in [3.05, 3.63) is 46.3 Å². The van der Waals surface area contributed by atoms with Crippen molar-refractivity contribution >= 4 is 23.0 Å². The van der Waals surface area contributed by atoms with Gasteiger partial charge < -0.3 is 10.2 Å². The molecule has 3 rings (SSSR count). The molecule has 1 aromatic heterocycles. The van der Waals surface area contributed by atoms with Crippen molar-refractivity contribution < 1.29 is 4.92 Å². The molecule has 1 saturated heterocycles. The zero-order valence-corrected chi connectivity index (χ0v) is 14.3. The van der Waals surface area contributed by atoms with Gasteiger partial charge in [0.05, 0.1) is 4.92 Å². The average molecular weight is 343 g/mol. The Bertz CT molecular complexity index is 760. The molecule has 9 heteroatoms. The first kappa shape index (κ1) is 17.1. The van der Waals surface area contributed by atoms with Crippen LogP contribution in [0.2, 0.25) is 0 Å². The zero-order valence-electron chi connectivity index (χ0n) is 14.3. The van der Waals surface area contributed by atoms with Gasteiger partial charge >= 0.3 is 5.69 Å². The highest BCUT2D eigenvalue weighted by Gasteiger charge is 2.25. The Morgan fingerprint density at radius 3 is 2.56 bits per heavy atom. The SMILES string of the molecule is Cc1cccc(Nc2ncnc(NN3CCN(C)CC3)c2[N+](=O)[O-])c1. The third kappa shape index (κ3) is 4.20. The lowest BCUT2D eigenvalue weighted by Crippen LogP contribution is -2.47. The van der Waals surface area contributed by atoms with E-state index in [9.17, 15) is 10.1 Å². The predicted molar refractivity (Wildman–Crippen MR) is 95.8 cm³/mol. The molecule has 2 heterocycles. The van der Waals surface area contributed by atoms with Crippen molar-refractivity contribution in [1.29, 1.82) is 0 Å². The molecule has 9 nitrogen and oxygen atoms in total. The van der Waals surface area contributed by atoms with Crippen molar-refractivity contribution in [2.24, 2.45) is 0 Å². The van der Waals surface area contributed by atoms with E-state index in [0.717, 1.165) is 37.4 Å². The van der Waals surface area contributed by atoms with Crippen molar-refractivity contribution in [3.63, 3.8) is 0 Å². The summed E-state index contributed by atoms with van der Waals surface area (Å²) in [6, 6.07) is 7.58. The Balaban J connectivity index is 1.85. The number of likely N-dealkylation sites (N-methyl/N-ethyl adjacent to an activating group) is 1. The molecule has 0 radical (unpaired) electrons. The number of aryl methyl sites for hydroxylation is 1. The second kappa shape index (κ2) is 7.41. The fourth-order valence-corrected chi connectivity index (χ4v) is 2.65. The van der Waals surface area contributed by atoms with Crippen LogP contribution >= 0.6 is 0 Å². The van der Waals surface area contributed by atoms with Crippen LogP contribution in [0.25, 0.3) is 0 Å². The molecule has 132 valence electrons. The van der Waals surface area contributed by atoms with Gasteiger partial charge in [0.1, 0.15) is 6.33 Å². The van der Waals surface area contributed by atoms with Crippen LogP contribution in [-0.2, 0) is 0 Å². The largest absolute Gasteiger partial charge is 0.354 e. The lowest BCUT2D eigenvalue weighted by atomic mass is 10.2. The Morgan fingerprint density at radius 2 is 1.88 bits per heavy atom. The topological polar surface area (TPSA) is 99.5 Å². The van der Waals surface area contributed by atoms with Crippen LogP contribution in [-0.4, -0.2) is 58.0 Å². The maximum absolute atomic E-state index is 11.6. The zero-order chi connectivity index (χ0) is 17.8. The van der Waals surface area contributed by atoms with Crippen LogP contribution in [0.1, 0.15) is 5.56 Å². The summed E-state index contributed by atoms with van der Waals surface area (Å²) in [5, 5.41) is 16.6. The molecule has 2 N–H and O–H groups in total. The van der Waals surface area contributed by atoms with E-state index in [0.29, 0.717) is 0 Å². The maximum Gasteiger partial charge on any atom is 0.354 e. The average Bonchev–Trinajstić information content (AvgIpc) is 2.57. The van der Waals surface area contributed by atoms with Gasteiger partial charge in [-0.1, -0.05) is 12.1 Å². The Morgan fingerprint density at radius 1 is 1.16 bits per heavy atom. The third-order valence-electron chi connectivity index (χ3n) is 4.05. The van der Waals surface area contributed by atoms with Gasteiger partial charge in [-0.25, -0.2) is 15.0 Å². The van der Waals surface area contributed by atoms with Gasteiger partial charge in [-0.05, 0) is 31.7 Å². The van der Waals surface area contributed by atoms with Gasteiger partial charge in [0, 0.05) is 31.9 Å². The quantitative estimate of drug-likeness (QED) is 0.628. The minimum atomic E-state index is -0.462. The summed E-state index contributed by atoms with van der Waals surface area (Å²) in [5.74, 6) is 0.363. The summed E-state index contributed by atoms with van der Waals surface area (Å²) in [6.45, 7) is 5.26. The first-order chi connectivity index (χ1) is 12.0. The van der Waals surface area contributed by atoms with Gasteiger partial charge in [-0.15, -0.1) is 0 Å². The number of nitro groups is 1. The van der Waals surface area contributed by atoms with E-state index >= 15 is 0 Å². The number of piperazine rings is 1. The molecular weight excluding hydrogens is 322 g/mol. The lowest BCUT2D eigenvalue weighted by molar-refractivity contribution is -0.383. The Hall–Kier alpha value is -2.78. The summed E-state index contributed by atoms with van der Waals surface area (Å²) in [4.78, 5) is 21.5. The molecule has 25 heavy (non-hydrogen) atoms. The third-order valence-corrected chi connectivity index (χ3v) is 4.05. The van der Waals surface area contributed by atoms with Crippen molar-refractivity contribution in [3.8, 4) is 0 Å². The molecule has 1 aliphatic heterocycles. The van der Waals surface area contributed by atoms with E-state index in [1.165, 1.54) is 6.33 Å². The van der Waals surface area contributed by atoms with Gasteiger partial charge in [-0.2, -0.15) is 0 Å².